The number of halogens is 1. The van der Waals surface area contributed by atoms with Gasteiger partial charge in [0.1, 0.15) is 6.04 Å². The lowest BCUT2D eigenvalue weighted by atomic mass is 10.1. The van der Waals surface area contributed by atoms with Crippen molar-refractivity contribution in [2.45, 2.75) is 19.0 Å². The number of amides is 1. The van der Waals surface area contributed by atoms with E-state index in [1.807, 2.05) is 53.2 Å². The number of carbonyl (C=O) groups is 1. The molecule has 6 heteroatoms. The van der Waals surface area contributed by atoms with Crippen LogP contribution in [-0.2, 0) is 17.8 Å². The van der Waals surface area contributed by atoms with Gasteiger partial charge in [0.05, 0.1) is 12.0 Å². The van der Waals surface area contributed by atoms with Crippen molar-refractivity contribution in [1.82, 2.24) is 14.9 Å². The van der Waals surface area contributed by atoms with E-state index in [0.717, 1.165) is 22.5 Å². The van der Waals surface area contributed by atoms with Crippen LogP contribution in [0.1, 0.15) is 11.1 Å². The molecule has 1 aliphatic rings. The summed E-state index contributed by atoms with van der Waals surface area (Å²) in [6, 6.07) is 13.3. The number of hydrogen-bond acceptors (Lipinski definition) is 3. The summed E-state index contributed by atoms with van der Waals surface area (Å²) >= 11 is 6.02. The maximum absolute atomic E-state index is 12.5. The summed E-state index contributed by atoms with van der Waals surface area (Å²) in [4.78, 5) is 16.6. The maximum Gasteiger partial charge on any atom is 0.243 e. The number of nitrogens with one attached hydrogen (secondary N) is 2. The highest BCUT2D eigenvalue weighted by molar-refractivity contribution is 6.30. The molecule has 1 atom stereocenters. The third-order valence-corrected chi connectivity index (χ3v) is 4.60. The van der Waals surface area contributed by atoms with E-state index in [1.54, 1.807) is 12.5 Å². The fourth-order valence-electron chi connectivity index (χ4n) is 3.11. The third kappa shape index (κ3) is 3.23. The van der Waals surface area contributed by atoms with Crippen molar-refractivity contribution in [2.24, 2.45) is 0 Å². The molecule has 0 saturated carbocycles. The van der Waals surface area contributed by atoms with Gasteiger partial charge >= 0.3 is 0 Å². The summed E-state index contributed by atoms with van der Waals surface area (Å²) in [5.74, 6) is -0.0206. The summed E-state index contributed by atoms with van der Waals surface area (Å²) in [6.07, 6.45) is 6.02. The minimum atomic E-state index is -0.270. The van der Waals surface area contributed by atoms with Gasteiger partial charge in [-0.25, -0.2) is 4.98 Å². The molecule has 1 aliphatic heterocycles. The SMILES string of the molecule is O=C(NCc1ccccc1-n1ccnc1)C1Cc2cc(Cl)ccc2N1. The molecule has 2 aromatic carbocycles. The van der Waals surface area contributed by atoms with Crippen molar-refractivity contribution in [3.63, 3.8) is 0 Å². The Morgan fingerprint density at radius 3 is 3.04 bits per heavy atom. The lowest BCUT2D eigenvalue weighted by Crippen LogP contribution is -2.38. The summed E-state index contributed by atoms with van der Waals surface area (Å²) in [6.45, 7) is 0.461. The Bertz CT molecular complexity index is 908. The van der Waals surface area contributed by atoms with Gasteiger partial charge in [-0.2, -0.15) is 0 Å². The second kappa shape index (κ2) is 6.61. The Morgan fingerprint density at radius 2 is 2.20 bits per heavy atom. The molecule has 2 N–H and O–H groups in total. The fourth-order valence-corrected chi connectivity index (χ4v) is 3.30. The van der Waals surface area contributed by atoms with Gasteiger partial charge in [0.25, 0.3) is 0 Å². The van der Waals surface area contributed by atoms with E-state index in [0.29, 0.717) is 18.0 Å². The molecule has 1 amide bonds. The quantitative estimate of drug-likeness (QED) is 0.758. The highest BCUT2D eigenvalue weighted by Crippen LogP contribution is 2.28. The van der Waals surface area contributed by atoms with Crippen molar-refractivity contribution in [3.8, 4) is 5.69 Å². The summed E-state index contributed by atoms with van der Waals surface area (Å²) < 4.78 is 1.94. The molecule has 3 aromatic rings. The molecule has 4 rings (SSSR count). The molecule has 2 heterocycles. The Hall–Kier alpha value is -2.79. The molecule has 0 spiro atoms. The van der Waals surface area contributed by atoms with Crippen LogP contribution in [0, 0.1) is 0 Å². The predicted octanol–water partition coefficient (Wildman–Crippen LogP) is 3.18. The molecule has 25 heavy (non-hydrogen) atoms. The second-order valence-corrected chi connectivity index (χ2v) is 6.46. The molecule has 0 fully saturated rings. The zero-order valence-electron chi connectivity index (χ0n) is 13.4. The number of benzene rings is 2. The highest BCUT2D eigenvalue weighted by Gasteiger charge is 2.26. The summed E-state index contributed by atoms with van der Waals surface area (Å²) in [5, 5.41) is 6.97. The molecule has 0 radical (unpaired) electrons. The zero-order valence-corrected chi connectivity index (χ0v) is 14.2. The van der Waals surface area contributed by atoms with Gasteiger partial charge in [0.15, 0.2) is 0 Å². The van der Waals surface area contributed by atoms with Gasteiger partial charge < -0.3 is 15.2 Å². The van der Waals surface area contributed by atoms with E-state index < -0.39 is 0 Å². The van der Waals surface area contributed by atoms with Crippen LogP contribution in [0.25, 0.3) is 5.69 Å². The largest absolute Gasteiger partial charge is 0.373 e. The van der Waals surface area contributed by atoms with E-state index in [2.05, 4.69) is 15.6 Å². The van der Waals surface area contributed by atoms with Crippen molar-refractivity contribution < 1.29 is 4.79 Å². The molecule has 0 aliphatic carbocycles. The van der Waals surface area contributed by atoms with Crippen molar-refractivity contribution in [1.29, 1.82) is 0 Å². The number of anilines is 1. The number of carbonyl (C=O) groups excluding carboxylic acids is 1. The Labute approximate surface area is 150 Å². The first-order chi connectivity index (χ1) is 12.2. The standard InChI is InChI=1S/C19H17ClN4O/c20-15-5-6-16-14(9-15)10-17(23-16)19(25)22-11-13-3-1-2-4-18(13)24-8-7-21-12-24/h1-9,12,17,23H,10-11H2,(H,22,25). The van der Waals surface area contributed by atoms with Crippen molar-refractivity contribution in [2.75, 3.05) is 5.32 Å². The topological polar surface area (TPSA) is 59.0 Å². The van der Waals surface area contributed by atoms with Crippen LogP contribution in [0.5, 0.6) is 0 Å². The van der Waals surface area contributed by atoms with Gasteiger partial charge in [-0.3, -0.25) is 4.79 Å². The van der Waals surface area contributed by atoms with Crippen LogP contribution in [0.15, 0.2) is 61.2 Å². The van der Waals surface area contributed by atoms with Gasteiger partial charge in [-0.1, -0.05) is 29.8 Å². The van der Waals surface area contributed by atoms with Crippen LogP contribution in [0.2, 0.25) is 5.02 Å². The van der Waals surface area contributed by atoms with E-state index in [-0.39, 0.29) is 11.9 Å². The minimum absolute atomic E-state index is 0.0206. The molecule has 0 bridgehead atoms. The number of imidazole rings is 1. The lowest BCUT2D eigenvalue weighted by Gasteiger charge is -2.14. The Morgan fingerprint density at radius 1 is 1.32 bits per heavy atom. The average molecular weight is 353 g/mol. The third-order valence-electron chi connectivity index (χ3n) is 4.36. The molecular formula is C19H17ClN4O. The van der Waals surface area contributed by atoms with E-state index in [4.69, 9.17) is 11.6 Å². The fraction of sp³-hybridized carbons (Fsp3) is 0.158. The monoisotopic (exact) mass is 352 g/mol. The smallest absolute Gasteiger partial charge is 0.243 e. The number of para-hydroxylation sites is 1. The molecular weight excluding hydrogens is 336 g/mol. The van der Waals surface area contributed by atoms with E-state index in [9.17, 15) is 4.79 Å². The Balaban J connectivity index is 1.44. The van der Waals surface area contributed by atoms with Gasteiger partial charge in [0.2, 0.25) is 5.91 Å². The van der Waals surface area contributed by atoms with Gasteiger partial charge in [-0.05, 0) is 35.4 Å². The summed E-state index contributed by atoms with van der Waals surface area (Å²) in [7, 11) is 0. The highest BCUT2D eigenvalue weighted by atomic mass is 35.5. The average Bonchev–Trinajstić information content (AvgIpc) is 3.29. The molecule has 1 aromatic heterocycles. The van der Waals surface area contributed by atoms with Crippen LogP contribution in [0.3, 0.4) is 0 Å². The number of hydrogen-bond donors (Lipinski definition) is 2. The lowest BCUT2D eigenvalue weighted by molar-refractivity contribution is -0.121. The number of nitrogens with zero attached hydrogens (tertiary/aromatic N) is 2. The molecule has 0 saturated heterocycles. The van der Waals surface area contributed by atoms with Gasteiger partial charge in [0, 0.05) is 36.1 Å². The van der Waals surface area contributed by atoms with Crippen LogP contribution in [-0.4, -0.2) is 21.5 Å². The predicted molar refractivity (Wildman–Crippen MR) is 98.0 cm³/mol. The first-order valence-corrected chi connectivity index (χ1v) is 8.47. The van der Waals surface area contributed by atoms with E-state index >= 15 is 0 Å². The van der Waals surface area contributed by atoms with Crippen LogP contribution >= 0.6 is 11.6 Å². The molecule has 126 valence electrons. The van der Waals surface area contributed by atoms with Crippen LogP contribution < -0.4 is 10.6 Å². The normalized spacial score (nSPS) is 15.5. The molecule has 1 unspecified atom stereocenters. The number of rotatable bonds is 4. The maximum atomic E-state index is 12.5. The minimum Gasteiger partial charge on any atom is -0.373 e. The number of aromatic nitrogens is 2. The summed E-state index contributed by atoms with van der Waals surface area (Å²) in [5.41, 5.74) is 4.09. The first kappa shape index (κ1) is 15.7. The molecule has 5 nitrogen and oxygen atoms in total. The second-order valence-electron chi connectivity index (χ2n) is 6.02. The van der Waals surface area contributed by atoms with Gasteiger partial charge in [-0.15, -0.1) is 0 Å². The zero-order chi connectivity index (χ0) is 17.2. The number of fused-ring (bicyclic) bond motifs is 1. The van der Waals surface area contributed by atoms with Crippen molar-refractivity contribution in [3.05, 3.63) is 77.3 Å². The van der Waals surface area contributed by atoms with Crippen LogP contribution in [0.4, 0.5) is 5.69 Å². The van der Waals surface area contributed by atoms with E-state index in [1.165, 1.54) is 0 Å². The first-order valence-electron chi connectivity index (χ1n) is 8.09. The van der Waals surface area contributed by atoms with Crippen molar-refractivity contribution >= 4 is 23.2 Å². The Kier molecular flexibility index (Phi) is 4.15.